The van der Waals surface area contributed by atoms with Gasteiger partial charge in [0.15, 0.2) is 0 Å². The first-order valence-corrected chi connectivity index (χ1v) is 11.1. The Labute approximate surface area is 198 Å². The fourth-order valence-electron chi connectivity index (χ4n) is 3.83. The van der Waals surface area contributed by atoms with Gasteiger partial charge in [-0.2, -0.15) is 0 Å². The predicted molar refractivity (Wildman–Crippen MR) is 131 cm³/mol. The zero-order valence-corrected chi connectivity index (χ0v) is 19.3. The van der Waals surface area contributed by atoms with Crippen molar-refractivity contribution in [1.29, 1.82) is 0 Å². The second-order valence-corrected chi connectivity index (χ2v) is 7.38. The minimum atomic E-state index is -0.480. The number of nitrogens with one attached hydrogen (secondary N) is 1. The van der Waals surface area contributed by atoms with Crippen LogP contribution in [0, 0.1) is 0 Å². The Bertz CT molecular complexity index is 1230. The molecule has 4 rings (SSSR count). The first kappa shape index (κ1) is 22.9. The van der Waals surface area contributed by atoms with Crippen molar-refractivity contribution in [2.24, 2.45) is 0 Å². The molecule has 7 heteroatoms. The molecule has 7 nitrogen and oxygen atoms in total. The van der Waals surface area contributed by atoms with Crippen LogP contribution < -0.4 is 24.4 Å². The zero-order valence-electron chi connectivity index (χ0n) is 19.3. The summed E-state index contributed by atoms with van der Waals surface area (Å²) in [5.41, 5.74) is 1.93. The first-order chi connectivity index (χ1) is 16.6. The van der Waals surface area contributed by atoms with Gasteiger partial charge in [-0.25, -0.2) is 4.90 Å². The molecule has 34 heavy (non-hydrogen) atoms. The van der Waals surface area contributed by atoms with Crippen molar-refractivity contribution in [3.05, 3.63) is 84.1 Å². The average molecular weight is 459 g/mol. The number of anilines is 2. The molecule has 0 unspecified atom stereocenters. The average Bonchev–Trinajstić information content (AvgIpc) is 3.10. The number of nitrogens with zero attached hydrogens (tertiary/aromatic N) is 1. The van der Waals surface area contributed by atoms with Crippen LogP contribution in [0.4, 0.5) is 11.4 Å². The highest BCUT2D eigenvalue weighted by Gasteiger charge is 2.42. The van der Waals surface area contributed by atoms with E-state index < -0.39 is 11.8 Å². The summed E-state index contributed by atoms with van der Waals surface area (Å²) in [6.07, 6.45) is 0. The molecule has 0 aliphatic carbocycles. The Morgan fingerprint density at radius 3 is 2.09 bits per heavy atom. The molecule has 0 spiro atoms. The van der Waals surface area contributed by atoms with Crippen LogP contribution in [0.1, 0.15) is 19.4 Å². The van der Waals surface area contributed by atoms with Gasteiger partial charge < -0.3 is 19.5 Å². The summed E-state index contributed by atoms with van der Waals surface area (Å²) in [6, 6.07) is 21.3. The molecular weight excluding hydrogens is 432 g/mol. The molecule has 0 aromatic heterocycles. The first-order valence-electron chi connectivity index (χ1n) is 11.1. The van der Waals surface area contributed by atoms with E-state index in [1.807, 2.05) is 19.9 Å². The lowest BCUT2D eigenvalue weighted by atomic mass is 10.0. The quantitative estimate of drug-likeness (QED) is 0.460. The van der Waals surface area contributed by atoms with E-state index in [1.54, 1.807) is 66.7 Å². The van der Waals surface area contributed by atoms with Gasteiger partial charge in [-0.05, 0) is 56.3 Å². The maximum atomic E-state index is 13.8. The van der Waals surface area contributed by atoms with Gasteiger partial charge >= 0.3 is 0 Å². The third-order valence-corrected chi connectivity index (χ3v) is 5.30. The van der Waals surface area contributed by atoms with Crippen LogP contribution in [-0.4, -0.2) is 32.1 Å². The van der Waals surface area contributed by atoms with Crippen molar-refractivity contribution in [3.63, 3.8) is 0 Å². The summed E-state index contributed by atoms with van der Waals surface area (Å²) in [7, 11) is 1.53. The number of rotatable bonds is 9. The van der Waals surface area contributed by atoms with E-state index in [-0.39, 0.29) is 11.3 Å². The van der Waals surface area contributed by atoms with Crippen LogP contribution in [0.5, 0.6) is 17.2 Å². The summed E-state index contributed by atoms with van der Waals surface area (Å²) < 4.78 is 16.7. The van der Waals surface area contributed by atoms with Crippen LogP contribution in [-0.2, 0) is 9.59 Å². The van der Waals surface area contributed by atoms with Gasteiger partial charge in [0.25, 0.3) is 11.8 Å². The maximum absolute atomic E-state index is 13.8. The minimum Gasteiger partial charge on any atom is -0.496 e. The Morgan fingerprint density at radius 2 is 1.41 bits per heavy atom. The summed E-state index contributed by atoms with van der Waals surface area (Å²) in [5.74, 6) is 0.716. The summed E-state index contributed by atoms with van der Waals surface area (Å²) in [4.78, 5) is 28.6. The number of carbonyl (C=O) groups excluding carboxylic acids is 2. The molecule has 0 bridgehead atoms. The van der Waals surface area contributed by atoms with Crippen molar-refractivity contribution >= 4 is 28.8 Å². The third-order valence-electron chi connectivity index (χ3n) is 5.30. The van der Waals surface area contributed by atoms with Gasteiger partial charge in [0.2, 0.25) is 0 Å². The maximum Gasteiger partial charge on any atom is 0.282 e. The molecule has 1 N–H and O–H groups in total. The van der Waals surface area contributed by atoms with Gasteiger partial charge in [-0.1, -0.05) is 30.3 Å². The Balaban J connectivity index is 1.82. The molecule has 2 amide bonds. The number of para-hydroxylation sites is 3. The molecular formula is C27H26N2O5. The Kier molecular flexibility index (Phi) is 6.82. The smallest absolute Gasteiger partial charge is 0.282 e. The number of ether oxygens (including phenoxy) is 3. The van der Waals surface area contributed by atoms with E-state index in [0.29, 0.717) is 47.4 Å². The molecule has 1 heterocycles. The van der Waals surface area contributed by atoms with E-state index >= 15 is 0 Å². The topological polar surface area (TPSA) is 77.1 Å². The fraction of sp³-hybridized carbons (Fsp3) is 0.185. The molecule has 0 fully saturated rings. The zero-order chi connectivity index (χ0) is 24.1. The van der Waals surface area contributed by atoms with E-state index in [0.717, 1.165) is 4.90 Å². The van der Waals surface area contributed by atoms with Gasteiger partial charge in [0, 0.05) is 11.3 Å². The highest BCUT2D eigenvalue weighted by atomic mass is 16.5. The third kappa shape index (κ3) is 4.32. The number of hydrogen-bond acceptors (Lipinski definition) is 6. The van der Waals surface area contributed by atoms with Crippen molar-refractivity contribution in [2.75, 3.05) is 30.5 Å². The molecule has 0 saturated carbocycles. The van der Waals surface area contributed by atoms with E-state index in [1.165, 1.54) is 7.11 Å². The Hall–Kier alpha value is -4.26. The van der Waals surface area contributed by atoms with Gasteiger partial charge in [0.1, 0.15) is 22.9 Å². The normalized spacial score (nSPS) is 13.3. The van der Waals surface area contributed by atoms with E-state index in [9.17, 15) is 9.59 Å². The van der Waals surface area contributed by atoms with Crippen LogP contribution in [0.25, 0.3) is 5.57 Å². The molecule has 0 saturated heterocycles. The number of carbonyl (C=O) groups is 2. The fourth-order valence-corrected chi connectivity index (χ4v) is 3.83. The van der Waals surface area contributed by atoms with Gasteiger partial charge in [0.05, 0.1) is 31.6 Å². The second-order valence-electron chi connectivity index (χ2n) is 7.38. The van der Waals surface area contributed by atoms with Crippen molar-refractivity contribution in [2.45, 2.75) is 13.8 Å². The van der Waals surface area contributed by atoms with Crippen molar-refractivity contribution in [1.82, 2.24) is 0 Å². The number of methoxy groups -OCH3 is 1. The van der Waals surface area contributed by atoms with Gasteiger partial charge in [-0.3, -0.25) is 9.59 Å². The summed E-state index contributed by atoms with van der Waals surface area (Å²) in [5, 5.41) is 3.16. The van der Waals surface area contributed by atoms with Crippen molar-refractivity contribution < 1.29 is 23.8 Å². The van der Waals surface area contributed by atoms with Crippen LogP contribution >= 0.6 is 0 Å². The molecule has 174 valence electrons. The molecule has 0 atom stereocenters. The standard InChI is InChI=1S/C27H26N2O5/c1-4-33-19-16-14-18(15-17-19)28-25-24(20-10-6-8-12-22(20)32-3)26(30)29(27(25)31)21-11-7-9-13-23(21)34-5-2/h6-17,28H,4-5H2,1-3H3. The minimum absolute atomic E-state index is 0.157. The second kappa shape index (κ2) is 10.1. The lowest BCUT2D eigenvalue weighted by molar-refractivity contribution is -0.120. The lowest BCUT2D eigenvalue weighted by Crippen LogP contribution is -2.32. The van der Waals surface area contributed by atoms with Gasteiger partial charge in [-0.15, -0.1) is 0 Å². The molecule has 0 radical (unpaired) electrons. The molecule has 1 aliphatic rings. The number of imide groups is 1. The monoisotopic (exact) mass is 458 g/mol. The van der Waals surface area contributed by atoms with E-state index in [2.05, 4.69) is 5.32 Å². The highest BCUT2D eigenvalue weighted by Crippen LogP contribution is 2.40. The summed E-state index contributed by atoms with van der Waals surface area (Å²) >= 11 is 0. The number of hydrogen-bond donors (Lipinski definition) is 1. The SMILES string of the molecule is CCOc1ccc(NC2=C(c3ccccc3OC)C(=O)N(c3ccccc3OCC)C2=O)cc1. The molecule has 1 aliphatic heterocycles. The number of benzene rings is 3. The van der Waals surface area contributed by atoms with Crippen LogP contribution in [0.15, 0.2) is 78.5 Å². The number of amides is 2. The largest absolute Gasteiger partial charge is 0.496 e. The van der Waals surface area contributed by atoms with Crippen LogP contribution in [0.2, 0.25) is 0 Å². The van der Waals surface area contributed by atoms with E-state index in [4.69, 9.17) is 14.2 Å². The van der Waals surface area contributed by atoms with Crippen molar-refractivity contribution in [3.8, 4) is 17.2 Å². The van der Waals surface area contributed by atoms with Crippen LogP contribution in [0.3, 0.4) is 0 Å². The lowest BCUT2D eigenvalue weighted by Gasteiger charge is -2.19. The molecule has 3 aromatic rings. The molecule has 3 aromatic carbocycles. The highest BCUT2D eigenvalue weighted by molar-refractivity contribution is 6.46. The Morgan fingerprint density at radius 1 is 0.765 bits per heavy atom. The summed E-state index contributed by atoms with van der Waals surface area (Å²) in [6.45, 7) is 4.71. The predicted octanol–water partition coefficient (Wildman–Crippen LogP) is 4.89.